The third kappa shape index (κ3) is 12.8. The average Bonchev–Trinajstić information content (AvgIpc) is 2.69. The van der Waals surface area contributed by atoms with E-state index in [0.717, 1.165) is 51.4 Å². The number of nitrogens with zero attached hydrogens (tertiary/aromatic N) is 1. The van der Waals surface area contributed by atoms with E-state index in [1.54, 1.807) is 0 Å². The average molecular weight is 410 g/mol. The van der Waals surface area contributed by atoms with Gasteiger partial charge >= 0.3 is 5.97 Å². The van der Waals surface area contributed by atoms with Crippen molar-refractivity contribution in [2.75, 3.05) is 0 Å². The van der Waals surface area contributed by atoms with E-state index in [1.165, 1.54) is 19.3 Å². The second-order valence-electron chi connectivity index (χ2n) is 8.54. The minimum atomic E-state index is -0.830. The first-order valence-electron chi connectivity index (χ1n) is 12.1. The molecular weight excluding hydrogens is 362 g/mol. The summed E-state index contributed by atoms with van der Waals surface area (Å²) in [6.07, 6.45) is 16.8. The molecule has 0 bridgehead atoms. The number of carbonyl (C=O) groups is 2. The van der Waals surface area contributed by atoms with Crippen molar-refractivity contribution in [2.24, 2.45) is 5.92 Å². The molecule has 0 heterocycles. The Hall–Kier alpha value is -1.32. The maximum atomic E-state index is 13.5. The molecule has 0 radical (unpaired) electrons. The van der Waals surface area contributed by atoms with Gasteiger partial charge < -0.3 is 10.0 Å². The van der Waals surface area contributed by atoms with Crippen LogP contribution >= 0.6 is 0 Å². The van der Waals surface area contributed by atoms with Gasteiger partial charge in [-0.1, -0.05) is 77.9 Å². The Balaban J connectivity index is 5.28. The third-order valence-electron chi connectivity index (χ3n) is 5.73. The smallest absolute Gasteiger partial charge is 0.303 e. The Bertz CT molecular complexity index is 447. The number of amides is 1. The molecule has 0 aromatic rings. The molecule has 0 rings (SSSR count). The quantitative estimate of drug-likeness (QED) is 0.196. The number of carbonyl (C=O) groups excluding carboxylic acids is 1. The number of aliphatic carboxylic acids is 1. The number of carboxylic acid groups (broad SMARTS) is 1. The second-order valence-corrected chi connectivity index (χ2v) is 8.54. The topological polar surface area (TPSA) is 57.6 Å². The number of carboxylic acids is 1. The molecule has 0 aromatic heterocycles. The number of hydrogen-bond acceptors (Lipinski definition) is 2. The Morgan fingerprint density at radius 3 is 1.86 bits per heavy atom. The van der Waals surface area contributed by atoms with Crippen LogP contribution in [-0.4, -0.2) is 34.0 Å². The van der Waals surface area contributed by atoms with Gasteiger partial charge in [0.2, 0.25) is 5.91 Å². The molecular formula is C25H47NO3. The summed E-state index contributed by atoms with van der Waals surface area (Å²) >= 11 is 0. The van der Waals surface area contributed by atoms with Crippen molar-refractivity contribution in [1.29, 1.82) is 0 Å². The molecule has 0 aliphatic rings. The van der Waals surface area contributed by atoms with Crippen LogP contribution in [0, 0.1) is 5.92 Å². The van der Waals surface area contributed by atoms with E-state index in [9.17, 15) is 9.59 Å². The highest BCUT2D eigenvalue weighted by Crippen LogP contribution is 2.23. The predicted molar refractivity (Wildman–Crippen MR) is 123 cm³/mol. The van der Waals surface area contributed by atoms with E-state index < -0.39 is 5.97 Å². The minimum Gasteiger partial charge on any atom is -0.481 e. The van der Waals surface area contributed by atoms with Crippen molar-refractivity contribution in [1.82, 2.24) is 4.90 Å². The van der Waals surface area contributed by atoms with Gasteiger partial charge in [-0.15, -0.1) is 0 Å². The first-order chi connectivity index (χ1) is 13.9. The monoisotopic (exact) mass is 409 g/mol. The molecule has 1 amide bonds. The van der Waals surface area contributed by atoms with Crippen LogP contribution in [0.25, 0.3) is 0 Å². The largest absolute Gasteiger partial charge is 0.481 e. The van der Waals surface area contributed by atoms with Crippen molar-refractivity contribution in [3.63, 3.8) is 0 Å². The number of hydrogen-bond donors (Lipinski definition) is 1. The van der Waals surface area contributed by atoms with Crippen LogP contribution in [0.4, 0.5) is 0 Å². The fourth-order valence-corrected chi connectivity index (χ4v) is 3.87. The van der Waals surface area contributed by atoms with Crippen LogP contribution in [-0.2, 0) is 9.59 Å². The van der Waals surface area contributed by atoms with Crippen molar-refractivity contribution in [3.8, 4) is 0 Å². The molecule has 4 heteroatoms. The zero-order valence-corrected chi connectivity index (χ0v) is 19.8. The standard InChI is InChI=1S/C25H47NO3/c1-6-9-12-13-14-15-18-23(19-20-24(27)28)25(29)26(21(4)16-10-7-2)22(5)17-11-8-3/h15,18,21-23H,6-14,16-17,19-20H2,1-5H3,(H,27,28)/b18-15+. The van der Waals surface area contributed by atoms with Gasteiger partial charge in [0, 0.05) is 18.5 Å². The fraction of sp³-hybridized carbons (Fsp3) is 0.840. The zero-order chi connectivity index (χ0) is 22.1. The van der Waals surface area contributed by atoms with E-state index in [4.69, 9.17) is 5.11 Å². The summed E-state index contributed by atoms with van der Waals surface area (Å²) in [5, 5.41) is 9.15. The number of allylic oxidation sites excluding steroid dienone is 1. The summed E-state index contributed by atoms with van der Waals surface area (Å²) in [6, 6.07) is 0.388. The van der Waals surface area contributed by atoms with E-state index in [-0.39, 0.29) is 30.3 Å². The summed E-state index contributed by atoms with van der Waals surface area (Å²) in [5.74, 6) is -1.04. The maximum Gasteiger partial charge on any atom is 0.303 e. The highest BCUT2D eigenvalue weighted by molar-refractivity contribution is 5.81. The molecule has 0 aliphatic carbocycles. The normalized spacial score (nSPS) is 14.7. The summed E-state index contributed by atoms with van der Waals surface area (Å²) < 4.78 is 0. The molecule has 1 N–H and O–H groups in total. The highest BCUT2D eigenvalue weighted by Gasteiger charge is 2.29. The van der Waals surface area contributed by atoms with Crippen LogP contribution in [0.3, 0.4) is 0 Å². The molecule has 4 nitrogen and oxygen atoms in total. The minimum absolute atomic E-state index is 0.0388. The molecule has 29 heavy (non-hydrogen) atoms. The van der Waals surface area contributed by atoms with Gasteiger partial charge in [0.1, 0.15) is 0 Å². The fourth-order valence-electron chi connectivity index (χ4n) is 3.87. The molecule has 0 spiro atoms. The molecule has 3 atom stereocenters. The lowest BCUT2D eigenvalue weighted by Crippen LogP contribution is -2.47. The van der Waals surface area contributed by atoms with E-state index in [1.807, 2.05) is 6.08 Å². The molecule has 0 aliphatic heterocycles. The Morgan fingerprint density at radius 2 is 1.38 bits per heavy atom. The lowest BCUT2D eigenvalue weighted by molar-refractivity contribution is -0.140. The van der Waals surface area contributed by atoms with Crippen molar-refractivity contribution in [2.45, 2.75) is 130 Å². The van der Waals surface area contributed by atoms with Gasteiger partial charge in [-0.25, -0.2) is 0 Å². The maximum absolute atomic E-state index is 13.5. The van der Waals surface area contributed by atoms with Crippen LogP contribution in [0.1, 0.15) is 118 Å². The third-order valence-corrected chi connectivity index (χ3v) is 5.73. The predicted octanol–water partition coefficient (Wildman–Crippen LogP) is 6.98. The number of unbranched alkanes of at least 4 members (excludes halogenated alkanes) is 6. The zero-order valence-electron chi connectivity index (χ0n) is 19.8. The Labute approximate surface area is 180 Å². The molecule has 170 valence electrons. The van der Waals surface area contributed by atoms with E-state index >= 15 is 0 Å². The first kappa shape index (κ1) is 27.7. The SMILES string of the molecule is CCCCCC/C=C/C(CCC(=O)O)C(=O)N(C(C)CCCC)C(C)CCCC. The van der Waals surface area contributed by atoms with Gasteiger partial charge in [-0.3, -0.25) is 9.59 Å². The van der Waals surface area contributed by atoms with E-state index in [0.29, 0.717) is 6.42 Å². The van der Waals surface area contributed by atoms with Crippen LogP contribution in [0.15, 0.2) is 12.2 Å². The molecule has 3 unspecified atom stereocenters. The summed E-state index contributed by atoms with van der Waals surface area (Å²) in [5.41, 5.74) is 0. The van der Waals surface area contributed by atoms with Crippen LogP contribution < -0.4 is 0 Å². The van der Waals surface area contributed by atoms with Crippen LogP contribution in [0.2, 0.25) is 0 Å². The lowest BCUT2D eigenvalue weighted by atomic mass is 9.96. The van der Waals surface area contributed by atoms with Gasteiger partial charge in [-0.05, 0) is 46.0 Å². The van der Waals surface area contributed by atoms with Crippen LogP contribution in [0.5, 0.6) is 0 Å². The highest BCUT2D eigenvalue weighted by atomic mass is 16.4. The lowest BCUT2D eigenvalue weighted by Gasteiger charge is -2.37. The number of rotatable bonds is 18. The van der Waals surface area contributed by atoms with Crippen molar-refractivity contribution >= 4 is 11.9 Å². The molecule has 0 saturated carbocycles. The van der Waals surface area contributed by atoms with Gasteiger partial charge in [0.15, 0.2) is 0 Å². The molecule has 0 aromatic carbocycles. The summed E-state index contributed by atoms with van der Waals surface area (Å²) in [4.78, 5) is 26.7. The Kier molecular flexibility index (Phi) is 16.7. The second kappa shape index (κ2) is 17.5. The van der Waals surface area contributed by atoms with Gasteiger partial charge in [0.25, 0.3) is 0 Å². The van der Waals surface area contributed by atoms with Crippen molar-refractivity contribution in [3.05, 3.63) is 12.2 Å². The van der Waals surface area contributed by atoms with Gasteiger partial charge in [-0.2, -0.15) is 0 Å². The Morgan fingerprint density at radius 1 is 0.828 bits per heavy atom. The summed E-state index contributed by atoms with van der Waals surface area (Å²) in [6.45, 7) is 10.9. The first-order valence-corrected chi connectivity index (χ1v) is 12.1. The van der Waals surface area contributed by atoms with E-state index in [2.05, 4.69) is 45.6 Å². The summed E-state index contributed by atoms with van der Waals surface area (Å²) in [7, 11) is 0. The molecule has 0 fully saturated rings. The van der Waals surface area contributed by atoms with Crippen molar-refractivity contribution < 1.29 is 14.7 Å². The van der Waals surface area contributed by atoms with Gasteiger partial charge in [0.05, 0.1) is 5.92 Å². The molecule has 0 saturated heterocycles.